The van der Waals surface area contributed by atoms with Crippen molar-refractivity contribution >= 4 is 29.1 Å². The van der Waals surface area contributed by atoms with Crippen LogP contribution in [0.1, 0.15) is 43.4 Å². The Hall–Kier alpha value is -3.39. The summed E-state index contributed by atoms with van der Waals surface area (Å²) in [5.74, 6) is -1.77. The zero-order valence-corrected chi connectivity index (χ0v) is 16.3. The summed E-state index contributed by atoms with van der Waals surface area (Å²) in [6.45, 7) is 0. The van der Waals surface area contributed by atoms with Crippen molar-refractivity contribution in [2.75, 3.05) is 5.32 Å². The van der Waals surface area contributed by atoms with E-state index >= 15 is 0 Å². The largest absolute Gasteiger partial charge is 0.416 e. The highest BCUT2D eigenvalue weighted by molar-refractivity contribution is 6.31. The monoisotopic (exact) mass is 448 g/mol. The summed E-state index contributed by atoms with van der Waals surface area (Å²) in [4.78, 5) is 25.4. The van der Waals surface area contributed by atoms with Crippen LogP contribution in [0.3, 0.4) is 0 Å². The molecular weight excluding hydrogens is 436 g/mol. The van der Waals surface area contributed by atoms with Crippen molar-refractivity contribution in [3.05, 3.63) is 99.3 Å². The maximum atomic E-state index is 13.8. The second-order valence-electron chi connectivity index (χ2n) is 6.87. The molecule has 0 fully saturated rings. The van der Waals surface area contributed by atoms with Crippen molar-refractivity contribution in [1.82, 2.24) is 5.32 Å². The fraction of sp³-hybridized carbons (Fsp3) is 0.0909. The average Bonchev–Trinajstić information content (AvgIpc) is 3.06. The molecule has 0 saturated carbocycles. The van der Waals surface area contributed by atoms with E-state index in [1.807, 2.05) is 0 Å². The minimum absolute atomic E-state index is 0.0542. The van der Waals surface area contributed by atoms with Crippen LogP contribution >= 0.6 is 11.6 Å². The van der Waals surface area contributed by atoms with Gasteiger partial charge in [-0.05, 0) is 48.5 Å². The molecule has 158 valence electrons. The van der Waals surface area contributed by atoms with Gasteiger partial charge in [0.15, 0.2) is 0 Å². The Morgan fingerprint density at radius 3 is 2.52 bits per heavy atom. The molecule has 1 unspecified atom stereocenters. The Morgan fingerprint density at radius 2 is 1.77 bits per heavy atom. The smallest absolute Gasteiger partial charge is 0.341 e. The molecule has 2 amide bonds. The van der Waals surface area contributed by atoms with Gasteiger partial charge in [0, 0.05) is 33.0 Å². The number of carbonyl (C=O) groups is 2. The molecule has 1 heterocycles. The van der Waals surface area contributed by atoms with E-state index in [2.05, 4.69) is 10.6 Å². The Balaban J connectivity index is 1.74. The lowest BCUT2D eigenvalue weighted by atomic mass is 9.93. The first-order chi connectivity index (χ1) is 14.6. The SMILES string of the molecule is O=C(Nc1cccc(C(F)(F)F)c1)c1cccc2c1C(c1cc(F)ccc1Cl)NC2=O. The van der Waals surface area contributed by atoms with Gasteiger partial charge >= 0.3 is 6.18 Å². The van der Waals surface area contributed by atoms with Crippen LogP contribution in [0.25, 0.3) is 0 Å². The van der Waals surface area contributed by atoms with E-state index < -0.39 is 35.4 Å². The summed E-state index contributed by atoms with van der Waals surface area (Å²) >= 11 is 6.19. The van der Waals surface area contributed by atoms with Crippen LogP contribution < -0.4 is 10.6 Å². The first-order valence-electron chi connectivity index (χ1n) is 9.02. The van der Waals surface area contributed by atoms with Gasteiger partial charge in [0.05, 0.1) is 11.6 Å². The van der Waals surface area contributed by atoms with Gasteiger partial charge in [0.1, 0.15) is 5.82 Å². The molecule has 2 N–H and O–H groups in total. The number of nitrogens with one attached hydrogen (secondary N) is 2. The van der Waals surface area contributed by atoms with Crippen molar-refractivity contribution in [2.24, 2.45) is 0 Å². The lowest BCUT2D eigenvalue weighted by Crippen LogP contribution is -2.22. The molecular formula is C22H13ClF4N2O2. The van der Waals surface area contributed by atoms with E-state index in [-0.39, 0.29) is 33.0 Å². The van der Waals surface area contributed by atoms with E-state index in [1.165, 1.54) is 36.4 Å². The third kappa shape index (κ3) is 3.98. The molecule has 1 aliphatic heterocycles. The minimum Gasteiger partial charge on any atom is -0.341 e. The number of benzene rings is 3. The predicted molar refractivity (Wildman–Crippen MR) is 107 cm³/mol. The first-order valence-corrected chi connectivity index (χ1v) is 9.40. The van der Waals surface area contributed by atoms with Gasteiger partial charge in [-0.2, -0.15) is 13.2 Å². The molecule has 0 bridgehead atoms. The van der Waals surface area contributed by atoms with Crippen LogP contribution in [0.2, 0.25) is 5.02 Å². The number of alkyl halides is 3. The van der Waals surface area contributed by atoms with E-state index in [4.69, 9.17) is 11.6 Å². The number of hydrogen-bond donors (Lipinski definition) is 2. The summed E-state index contributed by atoms with van der Waals surface area (Å²) in [7, 11) is 0. The predicted octanol–water partition coefficient (Wildman–Crippen LogP) is 5.58. The third-order valence-electron chi connectivity index (χ3n) is 4.88. The van der Waals surface area contributed by atoms with Crippen LogP contribution in [0.5, 0.6) is 0 Å². The summed E-state index contributed by atoms with van der Waals surface area (Å²) < 4.78 is 52.7. The van der Waals surface area contributed by atoms with Gasteiger partial charge in [0.2, 0.25) is 0 Å². The molecule has 0 radical (unpaired) electrons. The number of anilines is 1. The second-order valence-corrected chi connectivity index (χ2v) is 7.28. The molecule has 3 aromatic carbocycles. The van der Waals surface area contributed by atoms with Crippen molar-refractivity contribution in [3.63, 3.8) is 0 Å². The highest BCUT2D eigenvalue weighted by atomic mass is 35.5. The van der Waals surface area contributed by atoms with Gasteiger partial charge in [0.25, 0.3) is 11.8 Å². The van der Waals surface area contributed by atoms with E-state index in [0.717, 1.165) is 24.3 Å². The van der Waals surface area contributed by atoms with Crippen molar-refractivity contribution in [1.29, 1.82) is 0 Å². The summed E-state index contributed by atoms with van der Waals surface area (Å²) in [6.07, 6.45) is -4.57. The molecule has 4 nitrogen and oxygen atoms in total. The molecule has 0 saturated heterocycles. The second kappa shape index (κ2) is 7.70. The summed E-state index contributed by atoms with van der Waals surface area (Å²) in [5.41, 5.74) is -0.196. The average molecular weight is 449 g/mol. The Bertz CT molecular complexity index is 1210. The topological polar surface area (TPSA) is 58.2 Å². The molecule has 9 heteroatoms. The highest BCUT2D eigenvalue weighted by Crippen LogP contribution is 2.37. The zero-order chi connectivity index (χ0) is 22.3. The van der Waals surface area contributed by atoms with Crippen molar-refractivity contribution in [2.45, 2.75) is 12.2 Å². The van der Waals surface area contributed by atoms with Crippen LogP contribution in [0.4, 0.5) is 23.2 Å². The molecule has 0 aliphatic carbocycles. The zero-order valence-electron chi connectivity index (χ0n) is 15.6. The number of halogens is 5. The lowest BCUT2D eigenvalue weighted by molar-refractivity contribution is -0.137. The number of amides is 2. The molecule has 0 aromatic heterocycles. The number of hydrogen-bond acceptors (Lipinski definition) is 2. The van der Waals surface area contributed by atoms with Crippen molar-refractivity contribution < 1.29 is 27.2 Å². The van der Waals surface area contributed by atoms with Gasteiger partial charge < -0.3 is 10.6 Å². The van der Waals surface area contributed by atoms with Crippen LogP contribution in [0, 0.1) is 5.82 Å². The normalized spacial score (nSPS) is 15.4. The highest BCUT2D eigenvalue weighted by Gasteiger charge is 2.35. The number of carbonyl (C=O) groups excluding carboxylic acids is 2. The molecule has 4 rings (SSSR count). The fourth-order valence-electron chi connectivity index (χ4n) is 3.49. The van der Waals surface area contributed by atoms with Gasteiger partial charge in [-0.1, -0.05) is 23.7 Å². The van der Waals surface area contributed by atoms with Gasteiger partial charge in [-0.3, -0.25) is 9.59 Å². The molecule has 31 heavy (non-hydrogen) atoms. The Morgan fingerprint density at radius 1 is 1.03 bits per heavy atom. The quantitative estimate of drug-likeness (QED) is 0.514. The maximum Gasteiger partial charge on any atom is 0.416 e. The van der Waals surface area contributed by atoms with Gasteiger partial charge in [-0.25, -0.2) is 4.39 Å². The summed E-state index contributed by atoms with van der Waals surface area (Å²) in [6, 6.07) is 11.4. The van der Waals surface area contributed by atoms with Crippen LogP contribution in [-0.4, -0.2) is 11.8 Å². The Labute approximate surface area is 178 Å². The third-order valence-corrected chi connectivity index (χ3v) is 5.22. The molecule has 0 spiro atoms. The van der Waals surface area contributed by atoms with Gasteiger partial charge in [-0.15, -0.1) is 0 Å². The fourth-order valence-corrected chi connectivity index (χ4v) is 3.72. The van der Waals surface area contributed by atoms with Crippen molar-refractivity contribution in [3.8, 4) is 0 Å². The first kappa shape index (κ1) is 20.9. The van der Waals surface area contributed by atoms with E-state index in [0.29, 0.717) is 0 Å². The maximum absolute atomic E-state index is 13.8. The standard InChI is InChI=1S/C22H13ClF4N2O2/c23-17-8-7-12(24)10-16(17)19-18-14(5-2-6-15(18)21(31)29-19)20(30)28-13-4-1-3-11(9-13)22(25,26)27/h1-10,19H,(H,28,30)(H,29,31). The molecule has 3 aromatic rings. The molecule has 1 aliphatic rings. The summed E-state index contributed by atoms with van der Waals surface area (Å²) in [5, 5.41) is 5.29. The minimum atomic E-state index is -4.57. The van der Waals surface area contributed by atoms with E-state index in [9.17, 15) is 27.2 Å². The van der Waals surface area contributed by atoms with Crippen LogP contribution in [-0.2, 0) is 6.18 Å². The van der Waals surface area contributed by atoms with Crippen LogP contribution in [0.15, 0.2) is 60.7 Å². The Kier molecular flexibility index (Phi) is 5.18. The molecule has 1 atom stereocenters. The van der Waals surface area contributed by atoms with E-state index in [1.54, 1.807) is 0 Å². The number of fused-ring (bicyclic) bond motifs is 1. The number of rotatable bonds is 3. The lowest BCUT2D eigenvalue weighted by Gasteiger charge is -2.17.